The van der Waals surface area contributed by atoms with Gasteiger partial charge >= 0.3 is 5.97 Å². The molecule has 0 fully saturated rings. The lowest BCUT2D eigenvalue weighted by Crippen LogP contribution is -2.25. The lowest BCUT2D eigenvalue weighted by Gasteiger charge is -2.15. The van der Waals surface area contributed by atoms with E-state index in [1.807, 2.05) is 39.0 Å². The van der Waals surface area contributed by atoms with E-state index >= 15 is 0 Å². The van der Waals surface area contributed by atoms with Crippen molar-refractivity contribution >= 4 is 11.8 Å². The first kappa shape index (κ1) is 19.5. The number of ether oxygens (including phenoxy) is 3. The van der Waals surface area contributed by atoms with Crippen molar-refractivity contribution in [2.45, 2.75) is 33.8 Å². The third-order valence-corrected chi connectivity index (χ3v) is 4.01. The van der Waals surface area contributed by atoms with E-state index in [0.717, 1.165) is 11.1 Å². The molecule has 2 aromatic rings. The summed E-state index contributed by atoms with van der Waals surface area (Å²) in [6.07, 6.45) is -0.888. The van der Waals surface area contributed by atoms with E-state index in [1.54, 1.807) is 25.1 Å². The highest BCUT2D eigenvalue weighted by molar-refractivity contribution is 6.02. The number of ketones is 1. The van der Waals surface area contributed by atoms with E-state index in [9.17, 15) is 9.59 Å². The molecule has 5 nitrogen and oxygen atoms in total. The van der Waals surface area contributed by atoms with E-state index < -0.39 is 12.1 Å². The van der Waals surface area contributed by atoms with Crippen LogP contribution < -0.4 is 9.47 Å². The normalized spacial score (nSPS) is 11.6. The molecule has 0 aliphatic carbocycles. The minimum absolute atomic E-state index is 0.225. The zero-order valence-corrected chi connectivity index (χ0v) is 15.8. The van der Waals surface area contributed by atoms with Crippen LogP contribution in [0.5, 0.6) is 11.5 Å². The maximum Gasteiger partial charge on any atom is 0.338 e. The number of Topliss-reactive ketones (excluding diaryl/α,β-unsaturated/α-hetero) is 1. The van der Waals surface area contributed by atoms with Crippen LogP contribution in [0.1, 0.15) is 45.7 Å². The Balaban J connectivity index is 2.16. The Morgan fingerprint density at radius 2 is 1.77 bits per heavy atom. The van der Waals surface area contributed by atoms with Crippen LogP contribution in [0, 0.1) is 13.8 Å². The Labute approximate surface area is 153 Å². The minimum Gasteiger partial charge on any atom is -0.493 e. The molecule has 0 aliphatic heterocycles. The molecule has 0 spiro atoms. The second kappa shape index (κ2) is 8.52. The Bertz CT molecular complexity index is 810. The van der Waals surface area contributed by atoms with Crippen molar-refractivity contribution in [1.82, 2.24) is 0 Å². The van der Waals surface area contributed by atoms with Gasteiger partial charge in [-0.15, -0.1) is 0 Å². The highest BCUT2D eigenvalue weighted by Gasteiger charge is 2.22. The summed E-state index contributed by atoms with van der Waals surface area (Å²) in [5.74, 6) is 0.177. The number of benzene rings is 2. The van der Waals surface area contributed by atoms with Crippen LogP contribution in [-0.4, -0.2) is 31.6 Å². The molecule has 0 radical (unpaired) electrons. The van der Waals surface area contributed by atoms with E-state index in [0.29, 0.717) is 29.2 Å². The van der Waals surface area contributed by atoms with Crippen molar-refractivity contribution in [3.63, 3.8) is 0 Å². The SMILES string of the molecule is CCOc1ccc(C(=O)OC(C)C(=O)c2cc(C)ccc2C)cc1OC. The van der Waals surface area contributed by atoms with Crippen molar-refractivity contribution in [3.05, 3.63) is 58.7 Å². The van der Waals surface area contributed by atoms with Gasteiger partial charge in [-0.1, -0.05) is 17.7 Å². The topological polar surface area (TPSA) is 61.8 Å². The number of hydrogen-bond donors (Lipinski definition) is 0. The second-order valence-electron chi connectivity index (χ2n) is 6.03. The standard InChI is InChI=1S/C21H24O5/c1-6-25-18-10-9-16(12-19(18)24-5)21(23)26-15(4)20(22)17-11-13(2)7-8-14(17)3/h7-12,15H,6H2,1-5H3. The fourth-order valence-corrected chi connectivity index (χ4v) is 2.57. The summed E-state index contributed by atoms with van der Waals surface area (Å²) in [4.78, 5) is 25.0. The van der Waals surface area contributed by atoms with Gasteiger partial charge < -0.3 is 14.2 Å². The molecule has 0 amide bonds. The molecular formula is C21H24O5. The predicted molar refractivity (Wildman–Crippen MR) is 99.3 cm³/mol. The fourth-order valence-electron chi connectivity index (χ4n) is 2.57. The van der Waals surface area contributed by atoms with Gasteiger partial charge in [-0.2, -0.15) is 0 Å². The second-order valence-corrected chi connectivity index (χ2v) is 6.03. The van der Waals surface area contributed by atoms with Crippen molar-refractivity contribution in [3.8, 4) is 11.5 Å². The smallest absolute Gasteiger partial charge is 0.338 e. The van der Waals surface area contributed by atoms with Crippen LogP contribution in [0.4, 0.5) is 0 Å². The summed E-state index contributed by atoms with van der Waals surface area (Å²) >= 11 is 0. The third-order valence-electron chi connectivity index (χ3n) is 4.01. The molecule has 1 unspecified atom stereocenters. The van der Waals surface area contributed by atoms with E-state index in [2.05, 4.69) is 0 Å². The van der Waals surface area contributed by atoms with Crippen LogP contribution in [0.15, 0.2) is 36.4 Å². The number of methoxy groups -OCH3 is 1. The molecule has 0 saturated heterocycles. The van der Waals surface area contributed by atoms with Crippen LogP contribution in [0.25, 0.3) is 0 Å². The van der Waals surface area contributed by atoms with Gasteiger partial charge in [0.1, 0.15) is 0 Å². The van der Waals surface area contributed by atoms with Gasteiger partial charge in [0, 0.05) is 5.56 Å². The van der Waals surface area contributed by atoms with E-state index in [1.165, 1.54) is 7.11 Å². The lowest BCUT2D eigenvalue weighted by atomic mass is 9.99. The Hall–Kier alpha value is -2.82. The number of aryl methyl sites for hydroxylation is 2. The largest absolute Gasteiger partial charge is 0.493 e. The van der Waals surface area contributed by atoms with Gasteiger partial charge in [0.25, 0.3) is 0 Å². The quantitative estimate of drug-likeness (QED) is 0.551. The lowest BCUT2D eigenvalue weighted by molar-refractivity contribution is 0.0318. The molecule has 2 aromatic carbocycles. The Morgan fingerprint density at radius 3 is 2.42 bits per heavy atom. The number of hydrogen-bond acceptors (Lipinski definition) is 5. The first-order valence-electron chi connectivity index (χ1n) is 8.50. The molecule has 0 N–H and O–H groups in total. The van der Waals surface area contributed by atoms with Crippen LogP contribution in [-0.2, 0) is 4.74 Å². The fraction of sp³-hybridized carbons (Fsp3) is 0.333. The minimum atomic E-state index is -0.888. The predicted octanol–water partition coefficient (Wildman–Crippen LogP) is 4.14. The molecule has 0 aliphatic rings. The van der Waals surface area contributed by atoms with Crippen LogP contribution in [0.3, 0.4) is 0 Å². The summed E-state index contributed by atoms with van der Waals surface area (Å²) in [6.45, 7) is 7.70. The van der Waals surface area contributed by atoms with Crippen LogP contribution >= 0.6 is 0 Å². The maximum atomic E-state index is 12.6. The molecule has 138 valence electrons. The highest BCUT2D eigenvalue weighted by atomic mass is 16.5. The number of carbonyl (C=O) groups excluding carboxylic acids is 2. The van der Waals surface area contributed by atoms with Gasteiger partial charge in [0.05, 0.1) is 19.3 Å². The monoisotopic (exact) mass is 356 g/mol. The molecule has 5 heteroatoms. The van der Waals surface area contributed by atoms with Crippen molar-refractivity contribution in [1.29, 1.82) is 0 Å². The Kier molecular flexibility index (Phi) is 6.39. The summed E-state index contributed by atoms with van der Waals surface area (Å²) < 4.78 is 16.0. The van der Waals surface area contributed by atoms with Gasteiger partial charge in [-0.3, -0.25) is 4.79 Å². The summed E-state index contributed by atoms with van der Waals surface area (Å²) in [5, 5.41) is 0. The molecular weight excluding hydrogens is 332 g/mol. The maximum absolute atomic E-state index is 12.6. The van der Waals surface area contributed by atoms with Crippen molar-refractivity contribution in [2.24, 2.45) is 0 Å². The van der Waals surface area contributed by atoms with E-state index in [-0.39, 0.29) is 5.78 Å². The summed E-state index contributed by atoms with van der Waals surface area (Å²) in [7, 11) is 1.50. The molecule has 2 rings (SSSR count). The average Bonchev–Trinajstić information content (AvgIpc) is 2.63. The van der Waals surface area contributed by atoms with Gasteiger partial charge in [-0.25, -0.2) is 4.79 Å². The number of carbonyl (C=O) groups is 2. The highest BCUT2D eigenvalue weighted by Crippen LogP contribution is 2.28. The molecule has 0 heterocycles. The molecule has 0 saturated carbocycles. The summed E-state index contributed by atoms with van der Waals surface area (Å²) in [5.41, 5.74) is 2.69. The van der Waals surface area contributed by atoms with Crippen LogP contribution in [0.2, 0.25) is 0 Å². The molecule has 1 atom stereocenters. The first-order valence-corrected chi connectivity index (χ1v) is 8.50. The summed E-state index contributed by atoms with van der Waals surface area (Å²) in [6, 6.07) is 10.4. The molecule has 26 heavy (non-hydrogen) atoms. The first-order chi connectivity index (χ1) is 12.4. The van der Waals surface area contributed by atoms with Gasteiger partial charge in [0.2, 0.25) is 5.78 Å². The van der Waals surface area contributed by atoms with Gasteiger partial charge in [-0.05, 0) is 57.5 Å². The third kappa shape index (κ3) is 4.42. The Morgan fingerprint density at radius 1 is 1.04 bits per heavy atom. The van der Waals surface area contributed by atoms with Gasteiger partial charge in [0.15, 0.2) is 17.6 Å². The molecule has 0 bridgehead atoms. The zero-order chi connectivity index (χ0) is 19.3. The molecule has 0 aromatic heterocycles. The zero-order valence-electron chi connectivity index (χ0n) is 15.8. The number of esters is 1. The van der Waals surface area contributed by atoms with Crippen molar-refractivity contribution in [2.75, 3.05) is 13.7 Å². The van der Waals surface area contributed by atoms with E-state index in [4.69, 9.17) is 14.2 Å². The average molecular weight is 356 g/mol. The number of rotatable bonds is 7. The van der Waals surface area contributed by atoms with Crippen molar-refractivity contribution < 1.29 is 23.8 Å².